The first kappa shape index (κ1) is 19.6. The van der Waals surface area contributed by atoms with Gasteiger partial charge < -0.3 is 22.1 Å². The van der Waals surface area contributed by atoms with Gasteiger partial charge in [-0.3, -0.25) is 19.2 Å². The summed E-state index contributed by atoms with van der Waals surface area (Å²) in [4.78, 5) is 46.2. The second-order valence-corrected chi connectivity index (χ2v) is 5.84. The van der Waals surface area contributed by atoms with E-state index >= 15 is 0 Å². The molecular weight excluding hydrogens is 348 g/mol. The van der Waals surface area contributed by atoms with Crippen LogP contribution in [0.3, 0.4) is 0 Å². The SMILES string of the molecule is NC(=O)c1cccc(NC(=O)CCCC(=O)Nc2cccc(C(N)=O)c2)c1. The topological polar surface area (TPSA) is 144 Å². The van der Waals surface area contributed by atoms with Gasteiger partial charge in [0.15, 0.2) is 0 Å². The molecule has 6 N–H and O–H groups in total. The van der Waals surface area contributed by atoms with Crippen molar-refractivity contribution >= 4 is 35.0 Å². The molecule has 27 heavy (non-hydrogen) atoms. The lowest BCUT2D eigenvalue weighted by molar-refractivity contribution is -0.117. The monoisotopic (exact) mass is 368 g/mol. The molecule has 2 aromatic carbocycles. The number of primary amides is 2. The molecule has 0 aliphatic carbocycles. The first-order valence-electron chi connectivity index (χ1n) is 8.24. The van der Waals surface area contributed by atoms with E-state index in [9.17, 15) is 19.2 Å². The minimum absolute atomic E-state index is 0.134. The maximum atomic E-state index is 11.9. The fourth-order valence-corrected chi connectivity index (χ4v) is 2.36. The van der Waals surface area contributed by atoms with E-state index in [4.69, 9.17) is 11.5 Å². The molecule has 8 heteroatoms. The van der Waals surface area contributed by atoms with Crippen molar-refractivity contribution in [3.63, 3.8) is 0 Å². The molecule has 0 aromatic heterocycles. The fraction of sp³-hybridized carbons (Fsp3) is 0.158. The standard InChI is InChI=1S/C19H20N4O4/c20-18(26)12-4-1-6-14(10-12)22-16(24)8-3-9-17(25)23-15-7-2-5-13(11-15)19(21)27/h1-2,4-7,10-11H,3,8-9H2,(H2,20,26)(H2,21,27)(H,22,24)(H,23,25). The highest BCUT2D eigenvalue weighted by molar-refractivity contribution is 5.97. The molecule has 0 aliphatic rings. The second kappa shape index (κ2) is 9.14. The van der Waals surface area contributed by atoms with E-state index in [2.05, 4.69) is 10.6 Å². The number of nitrogens with one attached hydrogen (secondary N) is 2. The van der Waals surface area contributed by atoms with Gasteiger partial charge in [0.25, 0.3) is 0 Å². The normalized spacial score (nSPS) is 10.1. The lowest BCUT2D eigenvalue weighted by Crippen LogP contribution is -2.16. The number of anilines is 2. The van der Waals surface area contributed by atoms with E-state index < -0.39 is 11.8 Å². The third-order valence-electron chi connectivity index (χ3n) is 3.67. The molecule has 0 fully saturated rings. The average Bonchev–Trinajstić information content (AvgIpc) is 2.62. The summed E-state index contributed by atoms with van der Waals surface area (Å²) < 4.78 is 0. The molecule has 2 aromatic rings. The Labute approximate surface area is 155 Å². The Kier molecular flexibility index (Phi) is 6.65. The molecule has 0 unspecified atom stereocenters. The van der Waals surface area contributed by atoms with E-state index in [0.29, 0.717) is 28.9 Å². The smallest absolute Gasteiger partial charge is 0.248 e. The molecule has 0 saturated carbocycles. The zero-order valence-corrected chi connectivity index (χ0v) is 14.5. The van der Waals surface area contributed by atoms with Crippen LogP contribution in [-0.2, 0) is 9.59 Å². The van der Waals surface area contributed by atoms with Gasteiger partial charge in [-0.1, -0.05) is 12.1 Å². The van der Waals surface area contributed by atoms with E-state index in [1.807, 2.05) is 0 Å². The Morgan fingerprint density at radius 2 is 1.11 bits per heavy atom. The van der Waals surface area contributed by atoms with E-state index in [0.717, 1.165) is 0 Å². The minimum Gasteiger partial charge on any atom is -0.366 e. The number of benzene rings is 2. The van der Waals surface area contributed by atoms with Crippen LogP contribution in [0.25, 0.3) is 0 Å². The summed E-state index contributed by atoms with van der Waals surface area (Å²) in [6.07, 6.45) is 0.605. The van der Waals surface area contributed by atoms with Gasteiger partial charge in [-0.2, -0.15) is 0 Å². The summed E-state index contributed by atoms with van der Waals surface area (Å²) in [5, 5.41) is 5.30. The summed E-state index contributed by atoms with van der Waals surface area (Å²) in [6.45, 7) is 0. The number of carbonyl (C=O) groups excluding carboxylic acids is 4. The van der Waals surface area contributed by atoms with Crippen molar-refractivity contribution < 1.29 is 19.2 Å². The Balaban J connectivity index is 1.78. The van der Waals surface area contributed by atoms with Crippen LogP contribution in [0, 0.1) is 0 Å². The van der Waals surface area contributed by atoms with Gasteiger partial charge in [-0.25, -0.2) is 0 Å². The van der Waals surface area contributed by atoms with Gasteiger partial charge in [0.2, 0.25) is 23.6 Å². The van der Waals surface area contributed by atoms with Gasteiger partial charge in [-0.15, -0.1) is 0 Å². The molecule has 4 amide bonds. The van der Waals surface area contributed by atoms with Crippen molar-refractivity contribution in [2.45, 2.75) is 19.3 Å². The van der Waals surface area contributed by atoms with Gasteiger partial charge in [0.05, 0.1) is 0 Å². The van der Waals surface area contributed by atoms with Crippen molar-refractivity contribution in [1.29, 1.82) is 0 Å². The van der Waals surface area contributed by atoms with Crippen LogP contribution in [0.2, 0.25) is 0 Å². The molecular formula is C19H20N4O4. The van der Waals surface area contributed by atoms with Crippen molar-refractivity contribution in [1.82, 2.24) is 0 Å². The van der Waals surface area contributed by atoms with E-state index in [1.165, 1.54) is 12.1 Å². The quantitative estimate of drug-likeness (QED) is 0.561. The van der Waals surface area contributed by atoms with Gasteiger partial charge in [0, 0.05) is 35.3 Å². The van der Waals surface area contributed by atoms with Crippen LogP contribution in [0.15, 0.2) is 48.5 Å². The Hall–Kier alpha value is -3.68. The Morgan fingerprint density at radius 3 is 1.48 bits per heavy atom. The third-order valence-corrected chi connectivity index (χ3v) is 3.67. The number of hydrogen-bond donors (Lipinski definition) is 4. The molecule has 0 bridgehead atoms. The summed E-state index contributed by atoms with van der Waals surface area (Å²) in [5.41, 5.74) is 11.9. The highest BCUT2D eigenvalue weighted by atomic mass is 16.2. The molecule has 0 atom stereocenters. The maximum absolute atomic E-state index is 11.9. The highest BCUT2D eigenvalue weighted by Crippen LogP contribution is 2.13. The summed E-state index contributed by atoms with van der Waals surface area (Å²) >= 11 is 0. The fourth-order valence-electron chi connectivity index (χ4n) is 2.36. The number of hydrogen-bond acceptors (Lipinski definition) is 4. The van der Waals surface area contributed by atoms with E-state index in [1.54, 1.807) is 36.4 Å². The van der Waals surface area contributed by atoms with E-state index in [-0.39, 0.29) is 24.7 Å². The van der Waals surface area contributed by atoms with Crippen LogP contribution in [0.5, 0.6) is 0 Å². The lowest BCUT2D eigenvalue weighted by atomic mass is 10.1. The van der Waals surface area contributed by atoms with Crippen molar-refractivity contribution in [3.8, 4) is 0 Å². The number of amides is 4. The molecule has 0 spiro atoms. The van der Waals surface area contributed by atoms with Crippen LogP contribution < -0.4 is 22.1 Å². The Bertz CT molecular complexity index is 808. The van der Waals surface area contributed by atoms with Crippen molar-refractivity contribution in [2.24, 2.45) is 11.5 Å². The predicted octanol–water partition coefficient (Wildman–Crippen LogP) is 1.63. The summed E-state index contributed by atoms with van der Waals surface area (Å²) in [5.74, 6) is -1.72. The average molecular weight is 368 g/mol. The van der Waals surface area contributed by atoms with Crippen LogP contribution in [0.1, 0.15) is 40.0 Å². The van der Waals surface area contributed by atoms with Gasteiger partial charge >= 0.3 is 0 Å². The van der Waals surface area contributed by atoms with Crippen LogP contribution in [-0.4, -0.2) is 23.6 Å². The second-order valence-electron chi connectivity index (χ2n) is 5.84. The van der Waals surface area contributed by atoms with Crippen LogP contribution >= 0.6 is 0 Å². The molecule has 8 nitrogen and oxygen atoms in total. The predicted molar refractivity (Wildman–Crippen MR) is 101 cm³/mol. The number of rotatable bonds is 8. The first-order chi connectivity index (χ1) is 12.8. The van der Waals surface area contributed by atoms with Gasteiger partial charge in [0.1, 0.15) is 0 Å². The largest absolute Gasteiger partial charge is 0.366 e. The van der Waals surface area contributed by atoms with Crippen molar-refractivity contribution in [3.05, 3.63) is 59.7 Å². The minimum atomic E-state index is -0.580. The zero-order valence-electron chi connectivity index (χ0n) is 14.5. The maximum Gasteiger partial charge on any atom is 0.248 e. The van der Waals surface area contributed by atoms with Gasteiger partial charge in [-0.05, 0) is 42.8 Å². The Morgan fingerprint density at radius 1 is 0.704 bits per heavy atom. The van der Waals surface area contributed by atoms with Crippen LogP contribution in [0.4, 0.5) is 11.4 Å². The lowest BCUT2D eigenvalue weighted by Gasteiger charge is -2.07. The molecule has 0 radical (unpaired) electrons. The molecule has 2 rings (SSSR count). The molecule has 0 heterocycles. The molecule has 0 saturated heterocycles. The highest BCUT2D eigenvalue weighted by Gasteiger charge is 2.08. The molecule has 0 aliphatic heterocycles. The molecule has 140 valence electrons. The first-order valence-corrected chi connectivity index (χ1v) is 8.24. The summed E-state index contributed by atoms with van der Waals surface area (Å²) in [7, 11) is 0. The van der Waals surface area contributed by atoms with Crippen molar-refractivity contribution in [2.75, 3.05) is 10.6 Å². The number of carbonyl (C=O) groups is 4. The number of nitrogens with two attached hydrogens (primary N) is 2. The zero-order chi connectivity index (χ0) is 19.8. The third kappa shape index (κ3) is 6.28. The summed E-state index contributed by atoms with van der Waals surface area (Å²) in [6, 6.07) is 12.6.